The third-order valence-electron chi connectivity index (χ3n) is 6.06. The Hall–Kier alpha value is -4.39. The standard InChI is InChI=1S/C32H25Cl2N3O3/c1-2-39-31-17-21(13-15-30(31)40-20-22-12-14-26(33)27(34)16-22)19-35-37-32(38)25-18-29(23-8-4-3-5-9-23)36-28-11-7-6-10-24(25)28/h3-19H,2,20H2,1H3,(H,37,38)/b35-19+. The summed E-state index contributed by atoms with van der Waals surface area (Å²) in [6.07, 6.45) is 1.56. The SMILES string of the molecule is CCOc1cc(/C=N/NC(=O)c2cc(-c3ccccc3)nc3ccccc23)ccc1OCc1ccc(Cl)c(Cl)c1. The van der Waals surface area contributed by atoms with Gasteiger partial charge in [0.1, 0.15) is 6.61 Å². The molecule has 0 atom stereocenters. The van der Waals surface area contributed by atoms with Crippen molar-refractivity contribution in [1.29, 1.82) is 0 Å². The van der Waals surface area contributed by atoms with Crippen molar-refractivity contribution >= 4 is 46.2 Å². The number of benzene rings is 4. The van der Waals surface area contributed by atoms with E-state index in [1.165, 1.54) is 0 Å². The summed E-state index contributed by atoms with van der Waals surface area (Å²) in [5, 5.41) is 5.91. The summed E-state index contributed by atoms with van der Waals surface area (Å²) in [5.74, 6) is 0.801. The van der Waals surface area contributed by atoms with Crippen LogP contribution in [0.2, 0.25) is 10.0 Å². The van der Waals surface area contributed by atoms with E-state index in [4.69, 9.17) is 37.7 Å². The minimum Gasteiger partial charge on any atom is -0.490 e. The Morgan fingerprint density at radius 1 is 0.875 bits per heavy atom. The van der Waals surface area contributed by atoms with Gasteiger partial charge in [0.15, 0.2) is 11.5 Å². The Bertz CT molecular complexity index is 1690. The first kappa shape index (κ1) is 27.2. The second-order valence-corrected chi connectivity index (χ2v) is 9.63. The Kier molecular flexibility index (Phi) is 8.59. The van der Waals surface area contributed by atoms with Crippen LogP contribution in [0.15, 0.2) is 102 Å². The minimum atomic E-state index is -0.335. The first-order valence-corrected chi connectivity index (χ1v) is 13.4. The number of pyridine rings is 1. The number of amides is 1. The molecule has 0 radical (unpaired) electrons. The molecule has 0 spiro atoms. The maximum atomic E-state index is 13.2. The molecule has 1 aromatic heterocycles. The van der Waals surface area contributed by atoms with Crippen molar-refractivity contribution in [2.75, 3.05) is 6.61 Å². The molecule has 1 amide bonds. The molecule has 0 saturated carbocycles. The molecule has 8 heteroatoms. The zero-order chi connectivity index (χ0) is 27.9. The van der Waals surface area contributed by atoms with E-state index in [0.29, 0.717) is 46.0 Å². The zero-order valence-corrected chi connectivity index (χ0v) is 23.1. The number of ether oxygens (including phenoxy) is 2. The molecule has 1 heterocycles. The first-order chi connectivity index (χ1) is 19.5. The molecule has 5 rings (SSSR count). The van der Waals surface area contributed by atoms with Crippen molar-refractivity contribution in [2.24, 2.45) is 5.10 Å². The summed E-state index contributed by atoms with van der Waals surface area (Å²) < 4.78 is 11.7. The summed E-state index contributed by atoms with van der Waals surface area (Å²) in [7, 11) is 0. The number of halogens is 2. The van der Waals surface area contributed by atoms with E-state index < -0.39 is 0 Å². The van der Waals surface area contributed by atoms with Crippen molar-refractivity contribution in [3.8, 4) is 22.8 Å². The van der Waals surface area contributed by atoms with Crippen molar-refractivity contribution in [2.45, 2.75) is 13.5 Å². The van der Waals surface area contributed by atoms with Gasteiger partial charge in [0, 0.05) is 10.9 Å². The number of aromatic nitrogens is 1. The second kappa shape index (κ2) is 12.6. The average molecular weight is 570 g/mol. The normalized spacial score (nSPS) is 11.1. The molecular weight excluding hydrogens is 545 g/mol. The highest BCUT2D eigenvalue weighted by molar-refractivity contribution is 6.42. The van der Waals surface area contributed by atoms with Crippen LogP contribution in [-0.2, 0) is 6.61 Å². The minimum absolute atomic E-state index is 0.297. The van der Waals surface area contributed by atoms with Crippen LogP contribution in [0.1, 0.15) is 28.4 Å². The second-order valence-electron chi connectivity index (χ2n) is 8.81. The molecule has 5 aromatic rings. The summed E-state index contributed by atoms with van der Waals surface area (Å²) in [5.41, 5.74) is 7.12. The lowest BCUT2D eigenvalue weighted by atomic mass is 10.0. The van der Waals surface area contributed by atoms with Gasteiger partial charge < -0.3 is 9.47 Å². The van der Waals surface area contributed by atoms with Gasteiger partial charge in [-0.25, -0.2) is 10.4 Å². The van der Waals surface area contributed by atoms with Crippen LogP contribution in [-0.4, -0.2) is 23.7 Å². The van der Waals surface area contributed by atoms with Crippen LogP contribution in [0.25, 0.3) is 22.2 Å². The number of carbonyl (C=O) groups excluding carboxylic acids is 1. The van der Waals surface area contributed by atoms with Crippen LogP contribution >= 0.6 is 23.2 Å². The van der Waals surface area contributed by atoms with Gasteiger partial charge in [-0.15, -0.1) is 0 Å². The zero-order valence-electron chi connectivity index (χ0n) is 21.6. The van der Waals surface area contributed by atoms with Gasteiger partial charge in [0.25, 0.3) is 5.91 Å². The number of hydrogen-bond acceptors (Lipinski definition) is 5. The summed E-state index contributed by atoms with van der Waals surface area (Å²) in [6.45, 7) is 2.65. The summed E-state index contributed by atoms with van der Waals surface area (Å²) in [4.78, 5) is 17.9. The van der Waals surface area contributed by atoms with Gasteiger partial charge in [-0.2, -0.15) is 5.10 Å². The van der Waals surface area contributed by atoms with E-state index in [1.807, 2.05) is 73.7 Å². The van der Waals surface area contributed by atoms with Crippen LogP contribution in [0, 0.1) is 0 Å². The van der Waals surface area contributed by atoms with Crippen molar-refractivity contribution in [3.63, 3.8) is 0 Å². The van der Waals surface area contributed by atoms with E-state index in [2.05, 4.69) is 10.5 Å². The lowest BCUT2D eigenvalue weighted by Crippen LogP contribution is -2.18. The lowest BCUT2D eigenvalue weighted by Gasteiger charge is -2.13. The van der Waals surface area contributed by atoms with Crippen molar-refractivity contribution < 1.29 is 14.3 Å². The number of rotatable bonds is 9. The van der Waals surface area contributed by atoms with Gasteiger partial charge in [-0.05, 0) is 60.5 Å². The highest BCUT2D eigenvalue weighted by Gasteiger charge is 2.14. The molecule has 1 N–H and O–H groups in total. The van der Waals surface area contributed by atoms with E-state index >= 15 is 0 Å². The summed E-state index contributed by atoms with van der Waals surface area (Å²) >= 11 is 12.1. The van der Waals surface area contributed by atoms with Gasteiger partial charge in [0.2, 0.25) is 0 Å². The molecule has 0 saturated heterocycles. The third kappa shape index (κ3) is 6.42. The highest BCUT2D eigenvalue weighted by Crippen LogP contribution is 2.30. The Balaban J connectivity index is 1.32. The number of carbonyl (C=O) groups is 1. The van der Waals surface area contributed by atoms with E-state index in [-0.39, 0.29) is 5.91 Å². The van der Waals surface area contributed by atoms with Gasteiger partial charge in [0.05, 0.1) is 39.6 Å². The lowest BCUT2D eigenvalue weighted by molar-refractivity contribution is 0.0956. The number of nitrogens with zero attached hydrogens (tertiary/aromatic N) is 2. The average Bonchev–Trinajstić information content (AvgIpc) is 2.98. The number of hydrogen-bond donors (Lipinski definition) is 1. The molecule has 0 bridgehead atoms. The number of hydrazone groups is 1. The molecule has 0 fully saturated rings. The van der Waals surface area contributed by atoms with E-state index in [9.17, 15) is 4.79 Å². The molecule has 0 unspecified atom stereocenters. The molecule has 0 aliphatic rings. The van der Waals surface area contributed by atoms with Gasteiger partial charge >= 0.3 is 0 Å². The van der Waals surface area contributed by atoms with E-state index in [1.54, 1.807) is 36.5 Å². The van der Waals surface area contributed by atoms with Crippen LogP contribution in [0.3, 0.4) is 0 Å². The topological polar surface area (TPSA) is 72.8 Å². The van der Waals surface area contributed by atoms with E-state index in [0.717, 1.165) is 27.6 Å². The number of nitrogens with one attached hydrogen (secondary N) is 1. The Morgan fingerprint density at radius 3 is 2.48 bits per heavy atom. The summed E-state index contributed by atoms with van der Waals surface area (Å²) in [6, 6.07) is 29.9. The first-order valence-electron chi connectivity index (χ1n) is 12.6. The van der Waals surface area contributed by atoms with Crippen molar-refractivity contribution in [3.05, 3.63) is 124 Å². The maximum absolute atomic E-state index is 13.2. The molecule has 4 aromatic carbocycles. The number of fused-ring (bicyclic) bond motifs is 1. The van der Waals surface area contributed by atoms with Crippen molar-refractivity contribution in [1.82, 2.24) is 10.4 Å². The smallest absolute Gasteiger partial charge is 0.272 e. The largest absolute Gasteiger partial charge is 0.490 e. The van der Waals surface area contributed by atoms with Gasteiger partial charge in [-0.1, -0.05) is 77.8 Å². The molecule has 0 aliphatic carbocycles. The quantitative estimate of drug-likeness (QED) is 0.144. The van der Waals surface area contributed by atoms with Gasteiger partial charge in [-0.3, -0.25) is 4.79 Å². The van der Waals surface area contributed by atoms with Crippen LogP contribution in [0.5, 0.6) is 11.5 Å². The number of para-hydroxylation sites is 1. The Morgan fingerprint density at radius 2 is 1.68 bits per heavy atom. The molecule has 0 aliphatic heterocycles. The predicted molar refractivity (Wildman–Crippen MR) is 161 cm³/mol. The molecule has 40 heavy (non-hydrogen) atoms. The third-order valence-corrected chi connectivity index (χ3v) is 6.80. The highest BCUT2D eigenvalue weighted by atomic mass is 35.5. The monoisotopic (exact) mass is 569 g/mol. The molecule has 6 nitrogen and oxygen atoms in total. The molecule has 200 valence electrons. The fourth-order valence-electron chi connectivity index (χ4n) is 4.13. The maximum Gasteiger partial charge on any atom is 0.272 e. The van der Waals surface area contributed by atoms with Crippen LogP contribution < -0.4 is 14.9 Å². The molecular formula is C32H25Cl2N3O3. The van der Waals surface area contributed by atoms with Crippen LogP contribution in [0.4, 0.5) is 0 Å². The Labute approximate surface area is 242 Å². The fourth-order valence-corrected chi connectivity index (χ4v) is 4.45. The predicted octanol–water partition coefficient (Wildman–Crippen LogP) is 7.95. The fraction of sp³-hybridized carbons (Fsp3) is 0.0938.